The summed E-state index contributed by atoms with van der Waals surface area (Å²) >= 11 is 0. The molecule has 2 rings (SSSR count). The van der Waals surface area contributed by atoms with E-state index in [2.05, 4.69) is 4.98 Å². The summed E-state index contributed by atoms with van der Waals surface area (Å²) in [6, 6.07) is 0. The lowest BCUT2D eigenvalue weighted by atomic mass is 10.1. The van der Waals surface area contributed by atoms with Gasteiger partial charge in [-0.2, -0.15) is 0 Å². The Hall–Kier alpha value is -0.880. The van der Waals surface area contributed by atoms with Crippen molar-refractivity contribution in [2.45, 2.75) is 32.3 Å². The van der Waals surface area contributed by atoms with Crippen LogP contribution in [0.5, 0.6) is 0 Å². The van der Waals surface area contributed by atoms with Crippen LogP contribution in [-0.2, 0) is 22.7 Å². The van der Waals surface area contributed by atoms with Gasteiger partial charge in [0, 0.05) is 12.8 Å². The summed E-state index contributed by atoms with van der Waals surface area (Å²) in [5.74, 6) is 1.21. The molecular formula is C11H17NO4S. The first-order valence-corrected chi connectivity index (χ1v) is 7.58. The maximum atomic E-state index is 11.3. The van der Waals surface area contributed by atoms with Gasteiger partial charge in [0.15, 0.2) is 15.7 Å². The van der Waals surface area contributed by atoms with E-state index < -0.39 is 15.9 Å². The average Bonchev–Trinajstić information content (AvgIpc) is 2.73. The summed E-state index contributed by atoms with van der Waals surface area (Å²) in [7, 11) is -2.84. The topological polar surface area (TPSA) is 80.4 Å². The standard InChI is InChI=1S/C11H17NO4S/c1-8(13)4-10-6-16-11(12-10)5-9-2-3-17(14,15)7-9/h6,8-9,13H,2-5,7H2,1H3. The van der Waals surface area contributed by atoms with Gasteiger partial charge in [-0.1, -0.05) is 0 Å². The monoisotopic (exact) mass is 259 g/mol. The fourth-order valence-electron chi connectivity index (χ4n) is 2.12. The molecule has 96 valence electrons. The van der Waals surface area contributed by atoms with Gasteiger partial charge >= 0.3 is 0 Å². The molecule has 2 atom stereocenters. The lowest BCUT2D eigenvalue weighted by molar-refractivity contribution is 0.194. The Morgan fingerprint density at radius 2 is 2.41 bits per heavy atom. The van der Waals surface area contributed by atoms with E-state index in [-0.39, 0.29) is 17.4 Å². The predicted molar refractivity (Wildman–Crippen MR) is 62.4 cm³/mol. The van der Waals surface area contributed by atoms with Crippen molar-refractivity contribution in [1.29, 1.82) is 0 Å². The fourth-order valence-corrected chi connectivity index (χ4v) is 3.98. The van der Waals surface area contributed by atoms with Crippen LogP contribution >= 0.6 is 0 Å². The first-order valence-electron chi connectivity index (χ1n) is 5.76. The van der Waals surface area contributed by atoms with Crippen LogP contribution in [-0.4, -0.2) is 36.1 Å². The van der Waals surface area contributed by atoms with Gasteiger partial charge in [0.2, 0.25) is 0 Å². The van der Waals surface area contributed by atoms with Gasteiger partial charge in [-0.25, -0.2) is 13.4 Å². The van der Waals surface area contributed by atoms with Crippen molar-refractivity contribution in [3.05, 3.63) is 17.8 Å². The third-order valence-electron chi connectivity index (χ3n) is 2.89. The minimum atomic E-state index is -2.84. The van der Waals surface area contributed by atoms with Crippen LogP contribution in [0.2, 0.25) is 0 Å². The van der Waals surface area contributed by atoms with E-state index in [0.717, 1.165) is 5.69 Å². The molecule has 1 aromatic rings. The third-order valence-corrected chi connectivity index (χ3v) is 4.73. The van der Waals surface area contributed by atoms with E-state index in [9.17, 15) is 13.5 Å². The maximum Gasteiger partial charge on any atom is 0.194 e. The van der Waals surface area contributed by atoms with Gasteiger partial charge < -0.3 is 9.52 Å². The quantitative estimate of drug-likeness (QED) is 0.855. The van der Waals surface area contributed by atoms with E-state index in [1.807, 2.05) is 0 Å². The van der Waals surface area contributed by atoms with Crippen molar-refractivity contribution >= 4 is 9.84 Å². The third kappa shape index (κ3) is 3.54. The largest absolute Gasteiger partial charge is 0.449 e. The van der Waals surface area contributed by atoms with Crippen molar-refractivity contribution in [3.63, 3.8) is 0 Å². The molecule has 6 heteroatoms. The van der Waals surface area contributed by atoms with Gasteiger partial charge in [0.05, 0.1) is 23.3 Å². The SMILES string of the molecule is CC(O)Cc1coc(CC2CCS(=O)(=O)C2)n1. The molecule has 1 fully saturated rings. The molecule has 1 aliphatic rings. The highest BCUT2D eigenvalue weighted by molar-refractivity contribution is 7.91. The zero-order chi connectivity index (χ0) is 12.5. The van der Waals surface area contributed by atoms with Crippen molar-refractivity contribution in [3.8, 4) is 0 Å². The number of rotatable bonds is 4. The molecule has 0 bridgehead atoms. The molecule has 2 unspecified atom stereocenters. The summed E-state index contributed by atoms with van der Waals surface area (Å²) in [6.45, 7) is 1.69. The van der Waals surface area contributed by atoms with Crippen molar-refractivity contribution in [1.82, 2.24) is 4.98 Å². The summed E-state index contributed by atoms with van der Waals surface area (Å²) in [6.07, 6.45) is 2.81. The second-order valence-electron chi connectivity index (χ2n) is 4.76. The Morgan fingerprint density at radius 3 is 3.00 bits per heavy atom. The first kappa shape index (κ1) is 12.6. The summed E-state index contributed by atoms with van der Waals surface area (Å²) in [4.78, 5) is 4.24. The molecule has 5 nitrogen and oxygen atoms in total. The molecule has 0 amide bonds. The molecule has 1 aromatic heterocycles. The van der Waals surface area contributed by atoms with Gasteiger partial charge in [-0.15, -0.1) is 0 Å². The number of nitrogens with zero attached hydrogens (tertiary/aromatic N) is 1. The van der Waals surface area contributed by atoms with Crippen molar-refractivity contribution in [2.24, 2.45) is 5.92 Å². The number of hydrogen-bond donors (Lipinski definition) is 1. The smallest absolute Gasteiger partial charge is 0.194 e. The average molecular weight is 259 g/mol. The van der Waals surface area contributed by atoms with E-state index >= 15 is 0 Å². The molecule has 1 aliphatic heterocycles. The van der Waals surface area contributed by atoms with Crippen LogP contribution in [0.25, 0.3) is 0 Å². The Labute approximate surface area is 101 Å². The van der Waals surface area contributed by atoms with Crippen LogP contribution in [0.1, 0.15) is 24.9 Å². The molecular weight excluding hydrogens is 242 g/mol. The molecule has 1 N–H and O–H groups in total. The van der Waals surface area contributed by atoms with Crippen LogP contribution in [0.3, 0.4) is 0 Å². The second kappa shape index (κ2) is 4.78. The Kier molecular flexibility index (Phi) is 3.53. The van der Waals surface area contributed by atoms with Gasteiger partial charge in [-0.3, -0.25) is 0 Å². The molecule has 17 heavy (non-hydrogen) atoms. The van der Waals surface area contributed by atoms with Crippen LogP contribution in [0.15, 0.2) is 10.7 Å². The second-order valence-corrected chi connectivity index (χ2v) is 6.99. The van der Waals surface area contributed by atoms with Crippen molar-refractivity contribution in [2.75, 3.05) is 11.5 Å². The normalized spacial score (nSPS) is 24.9. The predicted octanol–water partition coefficient (Wildman–Crippen LogP) is 0.575. The highest BCUT2D eigenvalue weighted by atomic mass is 32.2. The van der Waals surface area contributed by atoms with Crippen LogP contribution in [0.4, 0.5) is 0 Å². The number of aromatic nitrogens is 1. The Morgan fingerprint density at radius 1 is 1.65 bits per heavy atom. The molecule has 1 saturated heterocycles. The molecule has 0 aliphatic carbocycles. The number of aliphatic hydroxyl groups is 1. The Balaban J connectivity index is 1.93. The van der Waals surface area contributed by atoms with Crippen molar-refractivity contribution < 1.29 is 17.9 Å². The summed E-state index contributed by atoms with van der Waals surface area (Å²) in [5.41, 5.74) is 0.718. The van der Waals surface area contributed by atoms with E-state index in [1.165, 1.54) is 6.26 Å². The highest BCUT2D eigenvalue weighted by Crippen LogP contribution is 2.22. The molecule has 0 spiro atoms. The minimum absolute atomic E-state index is 0.123. The number of aliphatic hydroxyl groups excluding tert-OH is 1. The van der Waals surface area contributed by atoms with Gasteiger partial charge in [-0.05, 0) is 19.3 Å². The molecule has 0 saturated carbocycles. The minimum Gasteiger partial charge on any atom is -0.449 e. The van der Waals surface area contributed by atoms with Crippen LogP contribution < -0.4 is 0 Å². The molecule has 0 radical (unpaired) electrons. The summed E-state index contributed by atoms with van der Waals surface area (Å²) in [5, 5.41) is 9.21. The fraction of sp³-hybridized carbons (Fsp3) is 0.727. The zero-order valence-corrected chi connectivity index (χ0v) is 10.6. The van der Waals surface area contributed by atoms with Gasteiger partial charge in [0.1, 0.15) is 6.26 Å². The first-order chi connectivity index (χ1) is 7.94. The van der Waals surface area contributed by atoms with Crippen LogP contribution in [0, 0.1) is 5.92 Å². The molecule has 2 heterocycles. The Bertz CT molecular complexity index is 477. The maximum absolute atomic E-state index is 11.3. The number of oxazole rings is 1. The lowest BCUT2D eigenvalue weighted by Gasteiger charge is -2.02. The van der Waals surface area contributed by atoms with E-state index in [1.54, 1.807) is 6.92 Å². The lowest BCUT2D eigenvalue weighted by Crippen LogP contribution is -2.08. The van der Waals surface area contributed by atoms with E-state index in [0.29, 0.717) is 25.2 Å². The number of hydrogen-bond acceptors (Lipinski definition) is 5. The van der Waals surface area contributed by atoms with Gasteiger partial charge in [0.25, 0.3) is 0 Å². The molecule has 0 aromatic carbocycles. The highest BCUT2D eigenvalue weighted by Gasteiger charge is 2.29. The van der Waals surface area contributed by atoms with E-state index in [4.69, 9.17) is 4.42 Å². The zero-order valence-electron chi connectivity index (χ0n) is 9.80. The summed E-state index contributed by atoms with van der Waals surface area (Å²) < 4.78 is 27.9. The number of sulfone groups is 1.